The first-order valence-electron chi connectivity index (χ1n) is 5.83. The fourth-order valence-electron chi connectivity index (χ4n) is 2.35. The maximum atomic E-state index is 11.1. The Morgan fingerprint density at radius 2 is 1.94 bits per heavy atom. The third-order valence-electron chi connectivity index (χ3n) is 3.27. The highest BCUT2D eigenvalue weighted by Gasteiger charge is 2.20. The third-order valence-corrected chi connectivity index (χ3v) is 3.27. The summed E-state index contributed by atoms with van der Waals surface area (Å²) in [5.74, 6) is -0.0863. The second kappa shape index (κ2) is 4.55. The number of carbonyl (C=O) groups is 1. The van der Waals surface area contributed by atoms with Crippen molar-refractivity contribution in [2.75, 3.05) is 5.73 Å². The summed E-state index contributed by atoms with van der Waals surface area (Å²) in [6.45, 7) is 0. The molecule has 1 aromatic heterocycles. The predicted octanol–water partition coefficient (Wildman–Crippen LogP) is 1.46. The number of anilines is 1. The van der Waals surface area contributed by atoms with Crippen LogP contribution in [0.4, 0.5) is 5.82 Å². The van der Waals surface area contributed by atoms with Gasteiger partial charge in [0.15, 0.2) is 0 Å². The molecule has 1 aliphatic rings. The number of rotatable bonds is 2. The molecule has 0 radical (unpaired) electrons. The van der Waals surface area contributed by atoms with Gasteiger partial charge in [0.1, 0.15) is 11.4 Å². The summed E-state index contributed by atoms with van der Waals surface area (Å²) in [7, 11) is 0. The molecule has 0 unspecified atom stereocenters. The van der Waals surface area contributed by atoms with Gasteiger partial charge in [-0.05, 0) is 12.8 Å². The lowest BCUT2D eigenvalue weighted by Gasteiger charge is -2.16. The lowest BCUT2D eigenvalue weighted by atomic mass is 10.1. The Bertz CT molecular complexity index is 377. The third kappa shape index (κ3) is 2.03. The van der Waals surface area contributed by atoms with Gasteiger partial charge < -0.3 is 11.5 Å². The van der Waals surface area contributed by atoms with Crippen LogP contribution in [0.25, 0.3) is 0 Å². The van der Waals surface area contributed by atoms with Gasteiger partial charge in [-0.25, -0.2) is 4.68 Å². The number of primary amides is 1. The average molecular weight is 222 g/mol. The molecule has 0 aromatic carbocycles. The summed E-state index contributed by atoms with van der Waals surface area (Å²) < 4.78 is 1.77. The first kappa shape index (κ1) is 11.0. The van der Waals surface area contributed by atoms with Crippen LogP contribution < -0.4 is 11.5 Å². The van der Waals surface area contributed by atoms with E-state index in [1.807, 2.05) is 0 Å². The number of nitrogen functional groups attached to an aromatic ring is 1. The predicted molar refractivity (Wildman–Crippen MR) is 61.9 cm³/mol. The number of carbonyl (C=O) groups excluding carboxylic acids is 1. The lowest BCUT2D eigenvalue weighted by Crippen LogP contribution is -2.16. The van der Waals surface area contributed by atoms with Crippen LogP contribution in [0.2, 0.25) is 0 Å². The van der Waals surface area contributed by atoms with Gasteiger partial charge >= 0.3 is 0 Å². The van der Waals surface area contributed by atoms with Crippen LogP contribution in [0.3, 0.4) is 0 Å². The minimum Gasteiger partial charge on any atom is -0.383 e. The molecule has 0 aliphatic heterocycles. The summed E-state index contributed by atoms with van der Waals surface area (Å²) in [6.07, 6.45) is 8.61. The van der Waals surface area contributed by atoms with Crippen molar-refractivity contribution in [1.29, 1.82) is 0 Å². The fraction of sp³-hybridized carbons (Fsp3) is 0.636. The van der Waals surface area contributed by atoms with Crippen molar-refractivity contribution in [3.05, 3.63) is 11.8 Å². The topological polar surface area (TPSA) is 86.9 Å². The Hall–Kier alpha value is -1.52. The van der Waals surface area contributed by atoms with E-state index in [1.165, 1.54) is 31.9 Å². The number of aromatic nitrogens is 2. The minimum absolute atomic E-state index is 0.329. The molecule has 0 spiro atoms. The molecule has 1 aliphatic carbocycles. The average Bonchev–Trinajstić information content (AvgIpc) is 2.50. The highest BCUT2D eigenvalue weighted by molar-refractivity contribution is 5.96. The number of nitrogens with zero attached hydrogens (tertiary/aromatic N) is 2. The molecule has 5 nitrogen and oxygen atoms in total. The Labute approximate surface area is 94.8 Å². The van der Waals surface area contributed by atoms with E-state index in [-0.39, 0.29) is 0 Å². The van der Waals surface area contributed by atoms with Gasteiger partial charge in [0, 0.05) is 0 Å². The molecular weight excluding hydrogens is 204 g/mol. The minimum atomic E-state index is -0.502. The fourth-order valence-corrected chi connectivity index (χ4v) is 2.35. The number of amides is 1. The smallest absolute Gasteiger partial charge is 0.254 e. The first-order chi connectivity index (χ1) is 7.70. The second-order valence-corrected chi connectivity index (χ2v) is 4.40. The van der Waals surface area contributed by atoms with Crippen LogP contribution in [0.1, 0.15) is 54.9 Å². The molecule has 1 heterocycles. The van der Waals surface area contributed by atoms with Crippen LogP contribution in [0.5, 0.6) is 0 Å². The zero-order chi connectivity index (χ0) is 11.5. The van der Waals surface area contributed by atoms with Crippen molar-refractivity contribution in [1.82, 2.24) is 9.78 Å². The van der Waals surface area contributed by atoms with Gasteiger partial charge in [-0.3, -0.25) is 4.79 Å². The molecule has 4 N–H and O–H groups in total. The Morgan fingerprint density at radius 3 is 2.44 bits per heavy atom. The molecule has 1 amide bonds. The maximum Gasteiger partial charge on any atom is 0.254 e. The molecule has 1 saturated carbocycles. The van der Waals surface area contributed by atoms with E-state index in [0.29, 0.717) is 17.4 Å². The van der Waals surface area contributed by atoms with Crippen molar-refractivity contribution in [2.24, 2.45) is 5.73 Å². The van der Waals surface area contributed by atoms with Gasteiger partial charge in [0.05, 0.1) is 12.2 Å². The van der Waals surface area contributed by atoms with Crippen LogP contribution in [-0.4, -0.2) is 15.7 Å². The van der Waals surface area contributed by atoms with Gasteiger partial charge in [0.2, 0.25) is 0 Å². The highest BCUT2D eigenvalue weighted by Crippen LogP contribution is 2.29. The van der Waals surface area contributed by atoms with Gasteiger partial charge in [-0.2, -0.15) is 5.10 Å². The summed E-state index contributed by atoms with van der Waals surface area (Å²) in [4.78, 5) is 11.1. The van der Waals surface area contributed by atoms with Crippen LogP contribution >= 0.6 is 0 Å². The highest BCUT2D eigenvalue weighted by atomic mass is 16.1. The summed E-state index contributed by atoms with van der Waals surface area (Å²) in [5.41, 5.74) is 11.4. The molecule has 0 bridgehead atoms. The zero-order valence-electron chi connectivity index (χ0n) is 9.35. The van der Waals surface area contributed by atoms with Crippen LogP contribution in [0.15, 0.2) is 6.20 Å². The van der Waals surface area contributed by atoms with Crippen LogP contribution in [0, 0.1) is 0 Å². The van der Waals surface area contributed by atoms with Crippen molar-refractivity contribution in [2.45, 2.75) is 44.6 Å². The summed E-state index contributed by atoms with van der Waals surface area (Å²) >= 11 is 0. The van der Waals surface area contributed by atoms with E-state index < -0.39 is 5.91 Å². The Balaban J connectivity index is 2.22. The van der Waals surface area contributed by atoms with E-state index >= 15 is 0 Å². The monoisotopic (exact) mass is 222 g/mol. The van der Waals surface area contributed by atoms with Crippen molar-refractivity contribution < 1.29 is 4.79 Å². The maximum absolute atomic E-state index is 11.1. The zero-order valence-corrected chi connectivity index (χ0v) is 9.35. The quantitative estimate of drug-likeness (QED) is 0.742. The van der Waals surface area contributed by atoms with E-state index in [0.717, 1.165) is 12.8 Å². The van der Waals surface area contributed by atoms with Crippen molar-refractivity contribution >= 4 is 11.7 Å². The Kier molecular flexibility index (Phi) is 3.12. The largest absolute Gasteiger partial charge is 0.383 e. The first-order valence-corrected chi connectivity index (χ1v) is 5.83. The SMILES string of the molecule is NC(=O)c1cnn(C2CCCCCC2)c1N. The van der Waals surface area contributed by atoms with Gasteiger partial charge in [-0.15, -0.1) is 0 Å². The Morgan fingerprint density at radius 1 is 1.31 bits per heavy atom. The second-order valence-electron chi connectivity index (χ2n) is 4.40. The number of nitrogens with two attached hydrogens (primary N) is 2. The van der Waals surface area contributed by atoms with E-state index in [4.69, 9.17) is 11.5 Å². The van der Waals surface area contributed by atoms with Crippen LogP contribution in [-0.2, 0) is 0 Å². The molecule has 5 heteroatoms. The van der Waals surface area contributed by atoms with Crippen molar-refractivity contribution in [3.8, 4) is 0 Å². The lowest BCUT2D eigenvalue weighted by molar-refractivity contribution is 0.100. The standard InChI is InChI=1S/C11H18N4O/c12-10-9(11(13)16)7-14-15(10)8-5-3-1-2-4-6-8/h7-8H,1-6,12H2,(H2,13,16). The van der Waals surface area contributed by atoms with E-state index in [9.17, 15) is 4.79 Å². The number of hydrogen-bond donors (Lipinski definition) is 2. The van der Waals surface area contributed by atoms with E-state index in [2.05, 4.69) is 5.10 Å². The normalized spacial score (nSPS) is 18.2. The molecule has 0 saturated heterocycles. The molecule has 16 heavy (non-hydrogen) atoms. The number of hydrogen-bond acceptors (Lipinski definition) is 3. The van der Waals surface area contributed by atoms with Gasteiger partial charge in [-0.1, -0.05) is 25.7 Å². The molecule has 1 fully saturated rings. The molecule has 0 atom stereocenters. The van der Waals surface area contributed by atoms with E-state index in [1.54, 1.807) is 4.68 Å². The summed E-state index contributed by atoms with van der Waals surface area (Å²) in [6, 6.07) is 0.329. The van der Waals surface area contributed by atoms with Gasteiger partial charge in [0.25, 0.3) is 5.91 Å². The molecular formula is C11H18N4O. The van der Waals surface area contributed by atoms with Crippen molar-refractivity contribution in [3.63, 3.8) is 0 Å². The summed E-state index contributed by atoms with van der Waals surface area (Å²) in [5, 5.41) is 4.19. The molecule has 2 rings (SSSR count). The molecule has 88 valence electrons. The molecule has 1 aromatic rings.